The third-order valence-corrected chi connectivity index (χ3v) is 5.27. The Morgan fingerprint density at radius 1 is 0.972 bits per heavy atom. The summed E-state index contributed by atoms with van der Waals surface area (Å²) in [6.45, 7) is -0.161. The zero-order valence-corrected chi connectivity index (χ0v) is 18.6. The monoisotopic (exact) mass is 478 g/mol. The molecule has 0 saturated heterocycles. The van der Waals surface area contributed by atoms with Gasteiger partial charge in [-0.2, -0.15) is 10.5 Å². The van der Waals surface area contributed by atoms with E-state index in [1.54, 1.807) is 48.5 Å². The maximum atomic E-state index is 13.1. The molecule has 0 fully saturated rings. The molecule has 5 rings (SSSR count). The Bertz CT molecular complexity index is 1590. The first kappa shape index (κ1) is 22.3. The molecule has 176 valence electrons. The summed E-state index contributed by atoms with van der Waals surface area (Å²) < 4.78 is 5.50. The zero-order valence-electron chi connectivity index (χ0n) is 18.6. The highest BCUT2D eigenvalue weighted by atomic mass is 16.5. The Morgan fingerprint density at radius 2 is 1.83 bits per heavy atom. The fraction of sp³-hybridized carbons (Fsp3) is 0.0400. The minimum Gasteiger partial charge on any atom is -0.484 e. The number of aromatic amines is 2. The molecule has 0 radical (unpaired) electrons. The molecule has 2 amide bonds. The van der Waals surface area contributed by atoms with Gasteiger partial charge in [0, 0.05) is 10.9 Å². The van der Waals surface area contributed by atoms with Crippen LogP contribution in [0.2, 0.25) is 0 Å². The second-order valence-electron chi connectivity index (χ2n) is 7.66. The molecule has 0 aliphatic carbocycles. The number of nitriles is 1. The summed E-state index contributed by atoms with van der Waals surface area (Å²) in [5.74, 6) is 0.0640. The molecular formula is C25H18N8O3. The molecule has 11 nitrogen and oxygen atoms in total. The van der Waals surface area contributed by atoms with Crippen LogP contribution in [0.15, 0.2) is 72.8 Å². The van der Waals surface area contributed by atoms with Gasteiger partial charge in [-0.05, 0) is 47.7 Å². The van der Waals surface area contributed by atoms with Crippen molar-refractivity contribution in [2.75, 3.05) is 17.2 Å². The molecule has 2 heterocycles. The maximum Gasteiger partial charge on any atom is 0.272 e. The number of aromatic nitrogens is 5. The number of rotatable bonds is 7. The van der Waals surface area contributed by atoms with Crippen LogP contribution in [-0.2, 0) is 4.79 Å². The van der Waals surface area contributed by atoms with Gasteiger partial charge >= 0.3 is 0 Å². The topological polar surface area (TPSA) is 161 Å². The standard InChI is InChI=1S/C25H18N8O3/c26-13-15-9-10-19(18(11-15)24-30-32-33-31-24)29-25(35)21-12-16-5-4-8-20(23(16)28-21)27-22(34)14-36-17-6-2-1-3-7-17/h1-12,28H,14H2,(H,27,34)(H,29,35)(H,30,31,32,33). The number of tetrazole rings is 1. The third-order valence-electron chi connectivity index (χ3n) is 5.27. The van der Waals surface area contributed by atoms with Gasteiger partial charge in [-0.25, -0.2) is 0 Å². The van der Waals surface area contributed by atoms with Gasteiger partial charge in [0.1, 0.15) is 11.4 Å². The van der Waals surface area contributed by atoms with Crippen LogP contribution in [0.1, 0.15) is 16.1 Å². The fourth-order valence-corrected chi connectivity index (χ4v) is 3.61. The van der Waals surface area contributed by atoms with E-state index >= 15 is 0 Å². The van der Waals surface area contributed by atoms with Crippen molar-refractivity contribution in [1.29, 1.82) is 5.26 Å². The number of para-hydroxylation sites is 2. The van der Waals surface area contributed by atoms with Crippen molar-refractivity contribution < 1.29 is 14.3 Å². The summed E-state index contributed by atoms with van der Waals surface area (Å²) in [6.07, 6.45) is 0. The Kier molecular flexibility index (Phi) is 6.06. The first-order valence-electron chi connectivity index (χ1n) is 10.8. The highest BCUT2D eigenvalue weighted by molar-refractivity contribution is 6.09. The van der Waals surface area contributed by atoms with E-state index in [1.807, 2.05) is 24.3 Å². The van der Waals surface area contributed by atoms with Crippen molar-refractivity contribution in [3.05, 3.63) is 84.1 Å². The minimum absolute atomic E-state index is 0.161. The smallest absolute Gasteiger partial charge is 0.272 e. The van der Waals surface area contributed by atoms with Crippen LogP contribution in [-0.4, -0.2) is 44.0 Å². The lowest BCUT2D eigenvalue weighted by atomic mass is 10.1. The summed E-state index contributed by atoms with van der Waals surface area (Å²) in [5, 5.41) is 29.4. The number of ether oxygens (including phenoxy) is 1. The van der Waals surface area contributed by atoms with E-state index in [2.05, 4.69) is 42.3 Å². The summed E-state index contributed by atoms with van der Waals surface area (Å²) in [6, 6.07) is 22.8. The van der Waals surface area contributed by atoms with Crippen molar-refractivity contribution in [3.63, 3.8) is 0 Å². The number of benzene rings is 3. The van der Waals surface area contributed by atoms with Gasteiger partial charge in [-0.3, -0.25) is 9.59 Å². The van der Waals surface area contributed by atoms with Crippen LogP contribution < -0.4 is 15.4 Å². The van der Waals surface area contributed by atoms with Crippen LogP contribution in [0.3, 0.4) is 0 Å². The minimum atomic E-state index is -0.426. The third kappa shape index (κ3) is 4.73. The number of hydrogen-bond donors (Lipinski definition) is 4. The molecule has 11 heteroatoms. The highest BCUT2D eigenvalue weighted by Crippen LogP contribution is 2.28. The second-order valence-corrected chi connectivity index (χ2v) is 7.66. The van der Waals surface area contributed by atoms with E-state index < -0.39 is 5.91 Å². The average Bonchev–Trinajstić information content (AvgIpc) is 3.59. The fourth-order valence-electron chi connectivity index (χ4n) is 3.61. The number of nitrogens with one attached hydrogen (secondary N) is 4. The highest BCUT2D eigenvalue weighted by Gasteiger charge is 2.17. The Morgan fingerprint density at radius 3 is 2.61 bits per heavy atom. The molecule has 2 aromatic heterocycles. The van der Waals surface area contributed by atoms with Crippen LogP contribution in [0.4, 0.5) is 11.4 Å². The van der Waals surface area contributed by atoms with Gasteiger partial charge in [-0.15, -0.1) is 10.2 Å². The molecule has 0 spiro atoms. The lowest BCUT2D eigenvalue weighted by Gasteiger charge is -2.09. The Balaban J connectivity index is 1.35. The molecule has 5 aromatic rings. The summed E-state index contributed by atoms with van der Waals surface area (Å²) in [5.41, 5.74) is 2.61. The van der Waals surface area contributed by atoms with E-state index in [0.717, 1.165) is 5.39 Å². The van der Waals surface area contributed by atoms with E-state index in [9.17, 15) is 14.9 Å². The molecular weight excluding hydrogens is 460 g/mol. The van der Waals surface area contributed by atoms with E-state index in [0.29, 0.717) is 33.8 Å². The SMILES string of the molecule is N#Cc1ccc(NC(=O)c2cc3cccc(NC(=O)COc4ccccc4)c3[nH]2)c(-c2nn[nH]n2)c1. The number of fused-ring (bicyclic) bond motifs is 1. The normalized spacial score (nSPS) is 10.5. The van der Waals surface area contributed by atoms with Crippen molar-refractivity contribution >= 4 is 34.1 Å². The van der Waals surface area contributed by atoms with Crippen molar-refractivity contribution in [2.24, 2.45) is 0 Å². The maximum absolute atomic E-state index is 13.1. The van der Waals surface area contributed by atoms with Crippen LogP contribution >= 0.6 is 0 Å². The lowest BCUT2D eigenvalue weighted by Crippen LogP contribution is -2.20. The number of amides is 2. The van der Waals surface area contributed by atoms with Crippen molar-refractivity contribution in [2.45, 2.75) is 0 Å². The Labute approximate surface area is 204 Å². The second kappa shape index (κ2) is 9.78. The van der Waals surface area contributed by atoms with Gasteiger partial charge in [0.2, 0.25) is 5.82 Å². The quantitative estimate of drug-likeness (QED) is 0.278. The first-order valence-corrected chi connectivity index (χ1v) is 10.8. The predicted molar refractivity (Wildman–Crippen MR) is 131 cm³/mol. The summed E-state index contributed by atoms with van der Waals surface area (Å²) in [7, 11) is 0. The Hall–Kier alpha value is -5.50. The van der Waals surface area contributed by atoms with Crippen molar-refractivity contribution in [1.82, 2.24) is 25.6 Å². The molecule has 0 aliphatic rings. The van der Waals surface area contributed by atoms with Gasteiger partial charge in [0.15, 0.2) is 6.61 Å². The molecule has 0 bridgehead atoms. The van der Waals surface area contributed by atoms with E-state index in [1.165, 1.54) is 0 Å². The molecule has 0 aliphatic heterocycles. The lowest BCUT2D eigenvalue weighted by molar-refractivity contribution is -0.118. The predicted octanol–water partition coefficient (Wildman–Crippen LogP) is 3.49. The molecule has 0 saturated carbocycles. The number of anilines is 2. The number of carbonyl (C=O) groups excluding carboxylic acids is 2. The van der Waals surface area contributed by atoms with Crippen LogP contribution in [0, 0.1) is 11.3 Å². The first-order chi connectivity index (χ1) is 17.6. The number of carbonyl (C=O) groups is 2. The van der Waals surface area contributed by atoms with Gasteiger partial charge in [-0.1, -0.05) is 30.3 Å². The largest absolute Gasteiger partial charge is 0.484 e. The summed E-state index contributed by atoms with van der Waals surface area (Å²) >= 11 is 0. The molecule has 0 unspecified atom stereocenters. The van der Waals surface area contributed by atoms with Crippen molar-refractivity contribution in [3.8, 4) is 23.2 Å². The van der Waals surface area contributed by atoms with E-state index in [4.69, 9.17) is 4.74 Å². The zero-order chi connectivity index (χ0) is 24.9. The molecule has 3 aromatic carbocycles. The summed E-state index contributed by atoms with van der Waals surface area (Å²) in [4.78, 5) is 28.6. The molecule has 36 heavy (non-hydrogen) atoms. The molecule has 0 atom stereocenters. The molecule has 4 N–H and O–H groups in total. The van der Waals surface area contributed by atoms with Gasteiger partial charge in [0.25, 0.3) is 11.8 Å². The van der Waals surface area contributed by atoms with Crippen LogP contribution in [0.5, 0.6) is 5.75 Å². The number of nitrogens with zero attached hydrogens (tertiary/aromatic N) is 4. The van der Waals surface area contributed by atoms with Crippen LogP contribution in [0.25, 0.3) is 22.3 Å². The van der Waals surface area contributed by atoms with E-state index in [-0.39, 0.29) is 24.0 Å². The number of H-pyrrole nitrogens is 2. The average molecular weight is 478 g/mol. The van der Waals surface area contributed by atoms with Gasteiger partial charge < -0.3 is 20.4 Å². The number of hydrogen-bond acceptors (Lipinski definition) is 7. The van der Waals surface area contributed by atoms with Gasteiger partial charge in [0.05, 0.1) is 28.5 Å².